The molecule has 194 valence electrons. The molecule has 0 amide bonds. The van der Waals surface area contributed by atoms with E-state index in [0.717, 1.165) is 48.5 Å². The molecule has 2 N–H and O–H groups in total. The summed E-state index contributed by atoms with van der Waals surface area (Å²) in [6.45, 7) is 5.89. The highest BCUT2D eigenvalue weighted by Gasteiger charge is 2.40. The standard InChI is InChI=1S/C31H35NO5/c1-2-6-23-19-25(34)20-27-28(23)30(35)29(21-7-11-24(33)12-8-21)31(37-27)22-9-13-26(14-10-22)36-18-17-32-15-4-3-5-16-32/h7-14,19-20,29,31,33-34H,2-6,15-18H2,1H3/t29-,31-/m1/s1. The Morgan fingerprint density at radius 2 is 1.62 bits per heavy atom. The molecule has 0 unspecified atom stereocenters. The summed E-state index contributed by atoms with van der Waals surface area (Å²) in [4.78, 5) is 16.4. The maximum atomic E-state index is 14.0. The molecule has 0 aromatic heterocycles. The molecule has 5 rings (SSSR count). The lowest BCUT2D eigenvalue weighted by molar-refractivity contribution is 0.0779. The number of fused-ring (bicyclic) bond motifs is 1. The van der Waals surface area contributed by atoms with Crippen molar-refractivity contribution in [3.8, 4) is 23.0 Å². The number of phenols is 2. The van der Waals surface area contributed by atoms with Gasteiger partial charge < -0.3 is 19.7 Å². The first-order valence-electron chi connectivity index (χ1n) is 13.3. The number of carbonyl (C=O) groups is 1. The van der Waals surface area contributed by atoms with Crippen molar-refractivity contribution in [3.05, 3.63) is 82.9 Å². The van der Waals surface area contributed by atoms with Gasteiger partial charge in [-0.05, 0) is 79.4 Å². The molecule has 0 radical (unpaired) electrons. The van der Waals surface area contributed by atoms with E-state index in [9.17, 15) is 15.0 Å². The van der Waals surface area contributed by atoms with E-state index in [0.29, 0.717) is 24.3 Å². The topological polar surface area (TPSA) is 79.2 Å². The van der Waals surface area contributed by atoms with Crippen LogP contribution in [0.15, 0.2) is 60.7 Å². The van der Waals surface area contributed by atoms with E-state index in [4.69, 9.17) is 9.47 Å². The van der Waals surface area contributed by atoms with Crippen molar-refractivity contribution in [1.29, 1.82) is 0 Å². The average molecular weight is 502 g/mol. The van der Waals surface area contributed by atoms with Crippen LogP contribution in [0.1, 0.15) is 71.7 Å². The maximum Gasteiger partial charge on any atom is 0.178 e. The number of Topliss-reactive ketones (excluding diaryl/α,β-unsaturated/α-hetero) is 1. The Balaban J connectivity index is 1.41. The van der Waals surface area contributed by atoms with Gasteiger partial charge in [0.1, 0.15) is 35.7 Å². The quantitative estimate of drug-likeness (QED) is 0.393. The number of aryl methyl sites for hydroxylation is 1. The van der Waals surface area contributed by atoms with Gasteiger partial charge in [0.2, 0.25) is 0 Å². The first-order chi connectivity index (χ1) is 18.0. The van der Waals surface area contributed by atoms with Crippen molar-refractivity contribution in [2.75, 3.05) is 26.2 Å². The summed E-state index contributed by atoms with van der Waals surface area (Å²) in [6.07, 6.45) is 4.77. The van der Waals surface area contributed by atoms with Crippen molar-refractivity contribution in [2.24, 2.45) is 0 Å². The number of phenolic OH excluding ortho intramolecular Hbond substituents is 2. The van der Waals surface area contributed by atoms with Crippen LogP contribution in [0.25, 0.3) is 0 Å². The number of likely N-dealkylation sites (tertiary alicyclic amines) is 1. The van der Waals surface area contributed by atoms with Crippen LogP contribution in [-0.4, -0.2) is 47.1 Å². The van der Waals surface area contributed by atoms with Crippen LogP contribution in [0.2, 0.25) is 0 Å². The molecule has 6 heteroatoms. The number of carbonyl (C=O) groups excluding carboxylic acids is 1. The van der Waals surface area contributed by atoms with Gasteiger partial charge in [-0.2, -0.15) is 0 Å². The fraction of sp³-hybridized carbons (Fsp3) is 0.387. The fourth-order valence-electron chi connectivity index (χ4n) is 5.49. The number of piperidine rings is 1. The average Bonchev–Trinajstić information content (AvgIpc) is 2.90. The van der Waals surface area contributed by atoms with Crippen molar-refractivity contribution >= 4 is 5.78 Å². The Morgan fingerprint density at radius 1 is 0.919 bits per heavy atom. The SMILES string of the molecule is CCCc1cc(O)cc2c1C(=O)[C@@H](c1ccc(O)cc1)[C@@H](c1ccc(OCCN3CCCCC3)cc1)O2. The minimum Gasteiger partial charge on any atom is -0.508 e. The molecule has 6 nitrogen and oxygen atoms in total. The second kappa shape index (κ2) is 11.3. The minimum atomic E-state index is -0.584. The van der Waals surface area contributed by atoms with Crippen LogP contribution in [-0.2, 0) is 6.42 Å². The number of ether oxygens (including phenoxy) is 2. The lowest BCUT2D eigenvalue weighted by atomic mass is 9.79. The van der Waals surface area contributed by atoms with Crippen molar-refractivity contribution in [2.45, 2.75) is 51.0 Å². The van der Waals surface area contributed by atoms with Gasteiger partial charge in [-0.1, -0.05) is 44.0 Å². The molecule has 37 heavy (non-hydrogen) atoms. The molecule has 2 aliphatic rings. The van der Waals surface area contributed by atoms with E-state index in [1.54, 1.807) is 30.3 Å². The van der Waals surface area contributed by atoms with Gasteiger partial charge in [0.05, 0.1) is 11.5 Å². The second-order valence-corrected chi connectivity index (χ2v) is 10.0. The van der Waals surface area contributed by atoms with Gasteiger partial charge in [-0.3, -0.25) is 9.69 Å². The number of aromatic hydroxyl groups is 2. The van der Waals surface area contributed by atoms with Crippen molar-refractivity contribution < 1.29 is 24.5 Å². The van der Waals surface area contributed by atoms with Gasteiger partial charge in [0.25, 0.3) is 0 Å². The molecular formula is C31H35NO5. The van der Waals surface area contributed by atoms with Crippen molar-refractivity contribution in [3.63, 3.8) is 0 Å². The molecule has 2 aliphatic heterocycles. The highest BCUT2D eigenvalue weighted by Crippen LogP contribution is 2.46. The summed E-state index contributed by atoms with van der Waals surface area (Å²) >= 11 is 0. The number of hydrogen-bond acceptors (Lipinski definition) is 6. The molecule has 3 aromatic rings. The zero-order chi connectivity index (χ0) is 25.8. The number of ketones is 1. The van der Waals surface area contributed by atoms with Gasteiger partial charge in [0, 0.05) is 12.6 Å². The first kappa shape index (κ1) is 25.2. The van der Waals surface area contributed by atoms with E-state index in [1.807, 2.05) is 31.2 Å². The van der Waals surface area contributed by atoms with Gasteiger partial charge in [-0.15, -0.1) is 0 Å². The number of benzene rings is 3. The predicted octanol–water partition coefficient (Wildman–Crippen LogP) is 6.02. The number of rotatable bonds is 8. The lowest BCUT2D eigenvalue weighted by Gasteiger charge is -2.34. The molecule has 3 aromatic carbocycles. The summed E-state index contributed by atoms with van der Waals surface area (Å²) in [7, 11) is 0. The Hall–Kier alpha value is -3.51. The van der Waals surface area contributed by atoms with E-state index < -0.39 is 12.0 Å². The maximum absolute atomic E-state index is 14.0. The Kier molecular flexibility index (Phi) is 7.65. The van der Waals surface area contributed by atoms with Crippen LogP contribution in [0.3, 0.4) is 0 Å². The summed E-state index contributed by atoms with van der Waals surface area (Å²) in [5.41, 5.74) is 2.95. The summed E-state index contributed by atoms with van der Waals surface area (Å²) in [5.74, 6) is 0.811. The normalized spacial score (nSPS) is 19.8. The smallest absolute Gasteiger partial charge is 0.178 e. The largest absolute Gasteiger partial charge is 0.508 e. The van der Waals surface area contributed by atoms with Gasteiger partial charge >= 0.3 is 0 Å². The number of nitrogens with zero attached hydrogens (tertiary/aromatic N) is 1. The molecule has 0 aliphatic carbocycles. The van der Waals surface area contributed by atoms with Crippen LogP contribution in [0, 0.1) is 0 Å². The molecule has 2 heterocycles. The van der Waals surface area contributed by atoms with Crippen LogP contribution < -0.4 is 9.47 Å². The third kappa shape index (κ3) is 5.59. The van der Waals surface area contributed by atoms with Gasteiger partial charge in [0.15, 0.2) is 5.78 Å². The van der Waals surface area contributed by atoms with Crippen LogP contribution >= 0.6 is 0 Å². The first-order valence-corrected chi connectivity index (χ1v) is 13.3. The third-order valence-electron chi connectivity index (χ3n) is 7.36. The minimum absolute atomic E-state index is 0.0396. The second-order valence-electron chi connectivity index (χ2n) is 10.0. The Labute approximate surface area is 218 Å². The molecule has 1 saturated heterocycles. The molecule has 0 spiro atoms. The molecule has 1 fully saturated rings. The van der Waals surface area contributed by atoms with E-state index in [2.05, 4.69) is 4.90 Å². The summed E-state index contributed by atoms with van der Waals surface area (Å²) < 4.78 is 12.5. The zero-order valence-electron chi connectivity index (χ0n) is 21.4. The number of hydrogen-bond donors (Lipinski definition) is 2. The third-order valence-corrected chi connectivity index (χ3v) is 7.36. The van der Waals surface area contributed by atoms with Crippen LogP contribution in [0.4, 0.5) is 0 Å². The van der Waals surface area contributed by atoms with E-state index >= 15 is 0 Å². The molecular weight excluding hydrogens is 466 g/mol. The zero-order valence-corrected chi connectivity index (χ0v) is 21.4. The van der Waals surface area contributed by atoms with Gasteiger partial charge in [-0.25, -0.2) is 0 Å². The van der Waals surface area contributed by atoms with Crippen molar-refractivity contribution in [1.82, 2.24) is 4.90 Å². The molecule has 0 saturated carbocycles. The Bertz CT molecular complexity index is 1220. The predicted molar refractivity (Wildman–Crippen MR) is 143 cm³/mol. The highest BCUT2D eigenvalue weighted by atomic mass is 16.5. The fourth-order valence-corrected chi connectivity index (χ4v) is 5.49. The Morgan fingerprint density at radius 3 is 2.32 bits per heavy atom. The van der Waals surface area contributed by atoms with Crippen LogP contribution in [0.5, 0.6) is 23.0 Å². The molecule has 0 bridgehead atoms. The monoisotopic (exact) mass is 501 g/mol. The van der Waals surface area contributed by atoms with E-state index in [1.165, 1.54) is 25.3 Å². The summed E-state index contributed by atoms with van der Waals surface area (Å²) in [6, 6.07) is 17.7. The molecule has 2 atom stereocenters. The summed E-state index contributed by atoms with van der Waals surface area (Å²) in [5, 5.41) is 20.2. The van der Waals surface area contributed by atoms with E-state index in [-0.39, 0.29) is 17.3 Å². The highest BCUT2D eigenvalue weighted by molar-refractivity contribution is 6.06. The lowest BCUT2D eigenvalue weighted by Crippen LogP contribution is -2.33.